The monoisotopic (exact) mass is 475 g/mol. The Kier molecular flexibility index (Phi) is 7.62. The fraction of sp³-hybridized carbons (Fsp3) is 0.348. The first kappa shape index (κ1) is 23.9. The van der Waals surface area contributed by atoms with Crippen molar-refractivity contribution in [1.82, 2.24) is 9.47 Å². The SMILES string of the molecule is Cc1cc(/C=C(\C#N)C(=O)OC(C)C(=O)N2CCOCC2)c(C)n1-c1cccc(Cl)c1Cl. The Labute approximate surface area is 196 Å². The second-order valence-corrected chi connectivity index (χ2v) is 8.18. The fourth-order valence-corrected chi connectivity index (χ4v) is 3.96. The number of ether oxygens (including phenoxy) is 2. The molecule has 1 atom stereocenters. The van der Waals surface area contributed by atoms with Crippen LogP contribution in [0.15, 0.2) is 29.8 Å². The lowest BCUT2D eigenvalue weighted by Crippen LogP contribution is -2.46. The molecule has 7 nitrogen and oxygen atoms in total. The molecule has 1 unspecified atom stereocenters. The number of benzene rings is 1. The van der Waals surface area contributed by atoms with Gasteiger partial charge in [0, 0.05) is 24.5 Å². The number of aryl methyl sites for hydroxylation is 1. The zero-order chi connectivity index (χ0) is 23.4. The molecule has 1 aromatic heterocycles. The molecule has 0 N–H and O–H groups in total. The maximum atomic E-state index is 12.6. The van der Waals surface area contributed by atoms with E-state index in [4.69, 9.17) is 32.7 Å². The Balaban J connectivity index is 1.83. The van der Waals surface area contributed by atoms with Crippen molar-refractivity contribution in [2.24, 2.45) is 0 Å². The maximum Gasteiger partial charge on any atom is 0.349 e. The Morgan fingerprint density at radius 3 is 2.59 bits per heavy atom. The molecule has 0 saturated carbocycles. The molecule has 0 aliphatic carbocycles. The van der Waals surface area contributed by atoms with Crippen molar-refractivity contribution in [3.63, 3.8) is 0 Å². The highest BCUT2D eigenvalue weighted by Gasteiger charge is 2.26. The molecule has 2 aromatic rings. The van der Waals surface area contributed by atoms with Crippen LogP contribution in [0.5, 0.6) is 0 Å². The quantitative estimate of drug-likeness (QED) is 0.369. The predicted molar refractivity (Wildman–Crippen MR) is 122 cm³/mol. The van der Waals surface area contributed by atoms with Crippen molar-refractivity contribution in [3.8, 4) is 11.8 Å². The summed E-state index contributed by atoms with van der Waals surface area (Å²) in [5.74, 6) is -1.17. The third-order valence-corrected chi connectivity index (χ3v) is 6.05. The van der Waals surface area contributed by atoms with E-state index >= 15 is 0 Å². The van der Waals surface area contributed by atoms with Crippen molar-refractivity contribution < 1.29 is 19.1 Å². The number of amides is 1. The van der Waals surface area contributed by atoms with Crippen LogP contribution >= 0.6 is 23.2 Å². The van der Waals surface area contributed by atoms with Gasteiger partial charge in [-0.25, -0.2) is 4.79 Å². The van der Waals surface area contributed by atoms with Crippen LogP contribution in [0.2, 0.25) is 10.0 Å². The fourth-order valence-electron chi connectivity index (χ4n) is 3.58. The third-order valence-electron chi connectivity index (χ3n) is 5.24. The van der Waals surface area contributed by atoms with E-state index < -0.39 is 12.1 Å². The van der Waals surface area contributed by atoms with Gasteiger partial charge < -0.3 is 18.9 Å². The minimum atomic E-state index is -1.00. The highest BCUT2D eigenvalue weighted by Crippen LogP contribution is 2.32. The van der Waals surface area contributed by atoms with E-state index in [9.17, 15) is 14.9 Å². The van der Waals surface area contributed by atoms with Gasteiger partial charge in [-0.15, -0.1) is 0 Å². The smallest absolute Gasteiger partial charge is 0.349 e. The molecule has 1 saturated heterocycles. The van der Waals surface area contributed by atoms with Crippen molar-refractivity contribution in [2.45, 2.75) is 26.9 Å². The number of halogens is 2. The van der Waals surface area contributed by atoms with Crippen LogP contribution < -0.4 is 0 Å². The summed E-state index contributed by atoms with van der Waals surface area (Å²) in [4.78, 5) is 26.7. The van der Waals surface area contributed by atoms with Gasteiger partial charge in [-0.2, -0.15) is 5.26 Å². The Bertz CT molecular complexity index is 1110. The molecule has 0 spiro atoms. The molecule has 1 amide bonds. The van der Waals surface area contributed by atoms with Crippen molar-refractivity contribution in [2.75, 3.05) is 26.3 Å². The minimum absolute atomic E-state index is 0.205. The molecular weight excluding hydrogens is 453 g/mol. The van der Waals surface area contributed by atoms with Gasteiger partial charge in [-0.05, 0) is 50.6 Å². The van der Waals surface area contributed by atoms with Gasteiger partial charge in [-0.1, -0.05) is 29.3 Å². The number of hydrogen-bond acceptors (Lipinski definition) is 5. The van der Waals surface area contributed by atoms with Gasteiger partial charge in [0.15, 0.2) is 6.10 Å². The van der Waals surface area contributed by atoms with E-state index in [2.05, 4.69) is 0 Å². The summed E-state index contributed by atoms with van der Waals surface area (Å²) in [5, 5.41) is 10.4. The molecule has 0 bridgehead atoms. The summed E-state index contributed by atoms with van der Waals surface area (Å²) in [5.41, 5.74) is 2.76. The highest BCUT2D eigenvalue weighted by molar-refractivity contribution is 6.43. The van der Waals surface area contributed by atoms with Crippen LogP contribution in [-0.4, -0.2) is 53.8 Å². The van der Waals surface area contributed by atoms with Crippen LogP contribution in [0.25, 0.3) is 11.8 Å². The van der Waals surface area contributed by atoms with Gasteiger partial charge >= 0.3 is 5.97 Å². The lowest BCUT2D eigenvalue weighted by molar-refractivity contribution is -0.157. The van der Waals surface area contributed by atoms with E-state index in [1.54, 1.807) is 17.0 Å². The lowest BCUT2D eigenvalue weighted by atomic mass is 10.1. The standard InChI is InChI=1S/C23H23Cl2N3O4/c1-14-11-17(15(2)28(14)20-6-4-5-19(24)21(20)25)12-18(13-26)23(30)32-16(3)22(29)27-7-9-31-10-8-27/h4-6,11-12,16H,7-10H2,1-3H3/b18-12+. The van der Waals surface area contributed by atoms with Crippen molar-refractivity contribution >= 4 is 41.2 Å². The Morgan fingerprint density at radius 2 is 1.94 bits per heavy atom. The zero-order valence-electron chi connectivity index (χ0n) is 18.0. The lowest BCUT2D eigenvalue weighted by Gasteiger charge is -2.28. The van der Waals surface area contributed by atoms with E-state index in [0.717, 1.165) is 11.4 Å². The molecule has 9 heteroatoms. The second kappa shape index (κ2) is 10.2. The summed E-state index contributed by atoms with van der Waals surface area (Å²) in [6, 6.07) is 9.04. The zero-order valence-corrected chi connectivity index (χ0v) is 19.5. The molecule has 1 fully saturated rings. The number of esters is 1. The van der Waals surface area contributed by atoms with E-state index in [1.807, 2.05) is 36.6 Å². The molecule has 2 heterocycles. The third kappa shape index (κ3) is 4.99. The van der Waals surface area contributed by atoms with Gasteiger partial charge in [0.05, 0.1) is 28.9 Å². The van der Waals surface area contributed by atoms with Gasteiger partial charge in [0.25, 0.3) is 5.91 Å². The second-order valence-electron chi connectivity index (χ2n) is 7.39. The average Bonchev–Trinajstić information content (AvgIpc) is 3.06. The first-order valence-electron chi connectivity index (χ1n) is 10.1. The van der Waals surface area contributed by atoms with Crippen molar-refractivity contribution in [3.05, 3.63) is 56.8 Å². The number of nitriles is 1. The first-order chi connectivity index (χ1) is 15.2. The molecular formula is C23H23Cl2N3O4. The predicted octanol–water partition coefficient (Wildman–Crippen LogP) is 4.10. The summed E-state index contributed by atoms with van der Waals surface area (Å²) in [6.45, 7) is 7.01. The Morgan fingerprint density at radius 1 is 1.25 bits per heavy atom. The van der Waals surface area contributed by atoms with Gasteiger partial charge in [0.2, 0.25) is 0 Å². The first-order valence-corrected chi connectivity index (χ1v) is 10.8. The minimum Gasteiger partial charge on any atom is -0.448 e. The van der Waals surface area contributed by atoms with E-state index in [1.165, 1.54) is 13.0 Å². The van der Waals surface area contributed by atoms with Crippen molar-refractivity contribution in [1.29, 1.82) is 5.26 Å². The summed E-state index contributed by atoms with van der Waals surface area (Å²) >= 11 is 12.5. The molecule has 1 aliphatic rings. The van der Waals surface area contributed by atoms with Gasteiger partial charge in [0.1, 0.15) is 11.6 Å². The van der Waals surface area contributed by atoms with Crippen LogP contribution in [-0.2, 0) is 19.1 Å². The Hall–Kier alpha value is -2.79. The van der Waals surface area contributed by atoms with E-state index in [-0.39, 0.29) is 11.5 Å². The summed E-state index contributed by atoms with van der Waals surface area (Å²) in [6.07, 6.45) is 0.445. The van der Waals surface area contributed by atoms with Crippen LogP contribution in [0, 0.1) is 25.2 Å². The number of morpholine rings is 1. The summed E-state index contributed by atoms with van der Waals surface area (Å²) in [7, 11) is 0. The number of aromatic nitrogens is 1. The van der Waals surface area contributed by atoms with Crippen LogP contribution in [0.1, 0.15) is 23.9 Å². The maximum absolute atomic E-state index is 12.6. The highest BCUT2D eigenvalue weighted by atomic mass is 35.5. The number of nitrogens with zero attached hydrogens (tertiary/aromatic N) is 3. The number of hydrogen-bond donors (Lipinski definition) is 0. The normalized spacial score (nSPS) is 15.2. The number of carbonyl (C=O) groups excluding carboxylic acids is 2. The van der Waals surface area contributed by atoms with Gasteiger partial charge in [-0.3, -0.25) is 4.79 Å². The molecule has 32 heavy (non-hydrogen) atoms. The number of rotatable bonds is 5. The molecule has 1 aromatic carbocycles. The van der Waals surface area contributed by atoms with Crippen LogP contribution in [0.4, 0.5) is 0 Å². The molecule has 1 aliphatic heterocycles. The number of carbonyl (C=O) groups is 2. The summed E-state index contributed by atoms with van der Waals surface area (Å²) < 4.78 is 12.4. The molecule has 168 valence electrons. The topological polar surface area (TPSA) is 84.6 Å². The van der Waals surface area contributed by atoms with Crippen LogP contribution in [0.3, 0.4) is 0 Å². The average molecular weight is 476 g/mol. The molecule has 3 rings (SSSR count). The largest absolute Gasteiger partial charge is 0.448 e. The van der Waals surface area contributed by atoms with E-state index in [0.29, 0.717) is 47.6 Å². The molecule has 0 radical (unpaired) electrons.